The van der Waals surface area contributed by atoms with E-state index in [0.29, 0.717) is 23.0 Å². The van der Waals surface area contributed by atoms with Crippen molar-refractivity contribution in [3.05, 3.63) is 34.3 Å². The summed E-state index contributed by atoms with van der Waals surface area (Å²) in [5.74, 6) is 0.495. The van der Waals surface area contributed by atoms with Crippen LogP contribution in [-0.2, 0) is 4.79 Å². The molecule has 0 aliphatic heterocycles. The molecule has 0 atom stereocenters. The topological polar surface area (TPSA) is 64.1 Å². The van der Waals surface area contributed by atoms with Gasteiger partial charge < -0.3 is 4.74 Å². The largest absolute Gasteiger partial charge is 0.483 e. The molecule has 8 heteroatoms. The van der Waals surface area contributed by atoms with Crippen molar-refractivity contribution < 1.29 is 18.3 Å². The zero-order valence-electron chi connectivity index (χ0n) is 13.0. The monoisotopic (exact) mass is 341 g/mol. The van der Waals surface area contributed by atoms with Gasteiger partial charge in [-0.3, -0.25) is 10.1 Å². The maximum atomic E-state index is 12.4. The van der Waals surface area contributed by atoms with Crippen molar-refractivity contribution in [1.82, 2.24) is 10.2 Å². The van der Waals surface area contributed by atoms with Gasteiger partial charge >= 0.3 is 0 Å². The maximum Gasteiger partial charge on any atom is 0.291 e. The minimum absolute atomic E-state index is 0.0292. The highest BCUT2D eigenvalue weighted by atomic mass is 32.1. The average molecular weight is 341 g/mol. The minimum Gasteiger partial charge on any atom is -0.483 e. The van der Waals surface area contributed by atoms with Gasteiger partial charge in [-0.2, -0.15) is 0 Å². The number of aromatic nitrogens is 2. The summed E-state index contributed by atoms with van der Waals surface area (Å²) in [6, 6.07) is 5.84. The van der Waals surface area contributed by atoms with Gasteiger partial charge in [-0.15, -0.1) is 10.2 Å². The lowest BCUT2D eigenvalue weighted by Crippen LogP contribution is -2.20. The van der Waals surface area contributed by atoms with Crippen molar-refractivity contribution in [2.75, 3.05) is 11.9 Å². The van der Waals surface area contributed by atoms with Crippen molar-refractivity contribution in [3.63, 3.8) is 0 Å². The molecule has 0 radical (unpaired) electrons. The van der Waals surface area contributed by atoms with Crippen molar-refractivity contribution >= 4 is 22.4 Å². The fourth-order valence-corrected chi connectivity index (χ4v) is 2.42. The Kier molecular flexibility index (Phi) is 5.59. The Morgan fingerprint density at radius 1 is 1.35 bits per heavy atom. The minimum atomic E-state index is -2.70. The third-order valence-corrected chi connectivity index (χ3v) is 3.96. The van der Waals surface area contributed by atoms with Crippen LogP contribution in [0.1, 0.15) is 42.3 Å². The van der Waals surface area contributed by atoms with Crippen molar-refractivity contribution in [2.24, 2.45) is 0 Å². The highest BCUT2D eigenvalue weighted by Crippen LogP contribution is 2.26. The molecular formula is C15H17F2N3O2S. The number of rotatable bonds is 6. The first-order valence-corrected chi connectivity index (χ1v) is 7.83. The zero-order chi connectivity index (χ0) is 17.0. The summed E-state index contributed by atoms with van der Waals surface area (Å²) < 4.78 is 30.3. The summed E-state index contributed by atoms with van der Waals surface area (Å²) in [7, 11) is 0. The second-order valence-corrected chi connectivity index (χ2v) is 6.27. The smallest absolute Gasteiger partial charge is 0.291 e. The Bertz CT molecular complexity index is 689. The number of anilines is 1. The number of carbonyl (C=O) groups excluding carboxylic acids is 1. The Hall–Kier alpha value is -2.09. The van der Waals surface area contributed by atoms with Crippen LogP contribution in [0.3, 0.4) is 0 Å². The number of nitrogens with one attached hydrogen (secondary N) is 1. The normalized spacial score (nSPS) is 11.1. The van der Waals surface area contributed by atoms with Gasteiger partial charge in [0, 0.05) is 0 Å². The molecule has 1 heterocycles. The second-order valence-electron chi connectivity index (χ2n) is 5.26. The molecule has 0 aliphatic carbocycles. The van der Waals surface area contributed by atoms with E-state index in [-0.39, 0.29) is 11.7 Å². The van der Waals surface area contributed by atoms with E-state index < -0.39 is 17.3 Å². The summed E-state index contributed by atoms with van der Waals surface area (Å²) in [4.78, 5) is 11.8. The van der Waals surface area contributed by atoms with Gasteiger partial charge in [-0.05, 0) is 30.0 Å². The van der Waals surface area contributed by atoms with Gasteiger partial charge in [-0.25, -0.2) is 8.78 Å². The molecule has 124 valence electrons. The summed E-state index contributed by atoms with van der Waals surface area (Å²) >= 11 is 0.641. The molecule has 0 saturated carbocycles. The fourth-order valence-electron chi connectivity index (χ4n) is 1.80. The van der Waals surface area contributed by atoms with Gasteiger partial charge in [-0.1, -0.05) is 37.3 Å². The summed E-state index contributed by atoms with van der Waals surface area (Å²) in [5.41, 5.74) is 2.02. The first-order valence-electron chi connectivity index (χ1n) is 7.01. The molecule has 0 unspecified atom stereocenters. The van der Waals surface area contributed by atoms with E-state index in [2.05, 4.69) is 29.4 Å². The van der Waals surface area contributed by atoms with E-state index in [1.165, 1.54) is 0 Å². The highest BCUT2D eigenvalue weighted by Gasteiger charge is 2.15. The van der Waals surface area contributed by atoms with Crippen LogP contribution in [0, 0.1) is 6.92 Å². The Balaban J connectivity index is 1.94. The van der Waals surface area contributed by atoms with Crippen molar-refractivity contribution in [1.29, 1.82) is 0 Å². The van der Waals surface area contributed by atoms with Crippen LogP contribution in [0.4, 0.5) is 13.9 Å². The first kappa shape index (κ1) is 17.3. The number of hydrogen-bond acceptors (Lipinski definition) is 5. The van der Waals surface area contributed by atoms with Crippen molar-refractivity contribution in [2.45, 2.75) is 33.1 Å². The number of ether oxygens (including phenoxy) is 1. The second kappa shape index (κ2) is 7.45. The Labute approximate surface area is 136 Å². The molecule has 0 saturated heterocycles. The Morgan fingerprint density at radius 2 is 2.09 bits per heavy atom. The molecule has 1 aromatic heterocycles. The molecular weight excluding hydrogens is 324 g/mol. The van der Waals surface area contributed by atoms with Crippen molar-refractivity contribution in [3.8, 4) is 5.75 Å². The molecule has 0 spiro atoms. The number of hydrogen-bond donors (Lipinski definition) is 1. The predicted molar refractivity (Wildman–Crippen MR) is 84.3 cm³/mol. The van der Waals surface area contributed by atoms with E-state index in [4.69, 9.17) is 4.74 Å². The number of carbonyl (C=O) groups is 1. The SMILES string of the molecule is Cc1ccc(C(C)C)cc1OCC(=O)Nc1nnc(C(F)F)s1. The zero-order valence-corrected chi connectivity index (χ0v) is 13.8. The molecule has 5 nitrogen and oxygen atoms in total. The Morgan fingerprint density at radius 3 is 2.70 bits per heavy atom. The third kappa shape index (κ3) is 4.69. The number of aryl methyl sites for hydroxylation is 1. The third-order valence-electron chi connectivity index (χ3n) is 3.11. The molecule has 2 aromatic rings. The number of halogens is 2. The summed E-state index contributed by atoms with van der Waals surface area (Å²) in [6.45, 7) is 5.79. The highest BCUT2D eigenvalue weighted by molar-refractivity contribution is 7.15. The molecule has 23 heavy (non-hydrogen) atoms. The van der Waals surface area contributed by atoms with E-state index in [1.807, 2.05) is 25.1 Å². The van der Waals surface area contributed by atoms with Gasteiger partial charge in [0.2, 0.25) is 5.13 Å². The average Bonchev–Trinajstić information content (AvgIpc) is 2.94. The standard InChI is InChI=1S/C15H17F2N3O2S/c1-8(2)10-5-4-9(3)11(6-10)22-7-12(21)18-15-20-19-14(23-15)13(16)17/h4-6,8,13H,7H2,1-3H3,(H,18,20,21). The number of alkyl halides is 2. The van der Waals surface area contributed by atoms with Crippen LogP contribution in [-0.4, -0.2) is 22.7 Å². The number of benzene rings is 1. The van der Waals surface area contributed by atoms with Gasteiger partial charge in [0.25, 0.3) is 12.3 Å². The first-order chi connectivity index (χ1) is 10.9. The van der Waals surface area contributed by atoms with E-state index in [9.17, 15) is 13.6 Å². The number of amides is 1. The quantitative estimate of drug-likeness (QED) is 0.865. The van der Waals surface area contributed by atoms with E-state index in [0.717, 1.165) is 11.1 Å². The molecule has 1 aromatic carbocycles. The van der Waals surface area contributed by atoms with Crippen LogP contribution in [0.25, 0.3) is 0 Å². The number of nitrogens with zero attached hydrogens (tertiary/aromatic N) is 2. The molecule has 1 N–H and O–H groups in total. The van der Waals surface area contributed by atoms with Gasteiger partial charge in [0.15, 0.2) is 11.6 Å². The van der Waals surface area contributed by atoms with Crippen LogP contribution in [0.15, 0.2) is 18.2 Å². The molecule has 2 rings (SSSR count). The lowest BCUT2D eigenvalue weighted by molar-refractivity contribution is -0.118. The summed E-state index contributed by atoms with van der Waals surface area (Å²) in [5, 5.41) is 8.78. The lowest BCUT2D eigenvalue weighted by Gasteiger charge is -2.12. The summed E-state index contributed by atoms with van der Waals surface area (Å²) in [6.07, 6.45) is -2.70. The van der Waals surface area contributed by atoms with E-state index >= 15 is 0 Å². The maximum absolute atomic E-state index is 12.4. The fraction of sp³-hybridized carbons (Fsp3) is 0.400. The molecule has 0 fully saturated rings. The van der Waals surface area contributed by atoms with Gasteiger partial charge in [0.1, 0.15) is 5.75 Å². The molecule has 1 amide bonds. The van der Waals surface area contributed by atoms with Crippen LogP contribution in [0.5, 0.6) is 5.75 Å². The lowest BCUT2D eigenvalue weighted by atomic mass is 10.0. The van der Waals surface area contributed by atoms with Gasteiger partial charge in [0.05, 0.1) is 0 Å². The van der Waals surface area contributed by atoms with Crippen LogP contribution < -0.4 is 10.1 Å². The van der Waals surface area contributed by atoms with Crippen LogP contribution >= 0.6 is 11.3 Å². The van der Waals surface area contributed by atoms with E-state index in [1.54, 1.807) is 0 Å². The predicted octanol–water partition coefficient (Wildman–Crippen LogP) is 3.93. The molecule has 0 bridgehead atoms. The molecule has 0 aliphatic rings. The van der Waals surface area contributed by atoms with Crippen LogP contribution in [0.2, 0.25) is 0 Å².